The van der Waals surface area contributed by atoms with Crippen molar-refractivity contribution in [2.75, 3.05) is 0 Å². The Morgan fingerprint density at radius 3 is 1.57 bits per heavy atom. The summed E-state index contributed by atoms with van der Waals surface area (Å²) >= 11 is 0. The Hall–Kier alpha value is -6.96. The zero-order valence-electron chi connectivity index (χ0n) is 31.2. The van der Waals surface area contributed by atoms with Gasteiger partial charge in [0.1, 0.15) is 11.2 Å². The molecule has 0 atom stereocenters. The van der Waals surface area contributed by atoms with E-state index in [9.17, 15) is 0 Å². The Bertz CT molecular complexity index is 3370. The first-order chi connectivity index (χ1) is 27.5. The SMILES string of the molecule is CC1(C)c2ccc3ccccc3c2-c2cccc(-c3ccc(-c4c5ccccc5c(-c5ccc6oc7ccc8ccccc8c7c6c5)c5ccccc45)cc3)c21. The third-order valence-electron chi connectivity index (χ3n) is 12.6. The largest absolute Gasteiger partial charge is 0.456 e. The molecule has 0 N–H and O–H groups in total. The summed E-state index contributed by atoms with van der Waals surface area (Å²) in [6.45, 7) is 4.78. The number of hydrogen-bond acceptors (Lipinski definition) is 1. The van der Waals surface area contributed by atoms with Gasteiger partial charge >= 0.3 is 0 Å². The van der Waals surface area contributed by atoms with Gasteiger partial charge in [0.05, 0.1) is 0 Å². The van der Waals surface area contributed by atoms with E-state index in [1.165, 1.54) is 104 Å². The van der Waals surface area contributed by atoms with Gasteiger partial charge in [-0.2, -0.15) is 0 Å². The molecule has 0 saturated carbocycles. The van der Waals surface area contributed by atoms with Crippen molar-refractivity contribution in [2.24, 2.45) is 0 Å². The average molecular weight is 713 g/mol. The molecule has 0 amide bonds. The highest BCUT2D eigenvalue weighted by Gasteiger charge is 2.38. The summed E-state index contributed by atoms with van der Waals surface area (Å²) in [5, 5.41) is 12.4. The molecule has 1 heteroatoms. The van der Waals surface area contributed by atoms with E-state index in [-0.39, 0.29) is 5.41 Å². The molecule has 12 rings (SSSR count). The molecular formula is C55H36O. The minimum Gasteiger partial charge on any atom is -0.456 e. The van der Waals surface area contributed by atoms with Crippen LogP contribution >= 0.6 is 0 Å². The summed E-state index contributed by atoms with van der Waals surface area (Å²) < 4.78 is 6.41. The number of fused-ring (bicyclic) bond motifs is 12. The maximum absolute atomic E-state index is 6.41. The molecule has 0 aliphatic heterocycles. The van der Waals surface area contributed by atoms with Crippen LogP contribution in [0.1, 0.15) is 25.0 Å². The Morgan fingerprint density at radius 2 is 0.875 bits per heavy atom. The molecule has 11 aromatic rings. The molecule has 0 spiro atoms. The highest BCUT2D eigenvalue weighted by Crippen LogP contribution is 2.54. The lowest BCUT2D eigenvalue weighted by atomic mass is 9.78. The van der Waals surface area contributed by atoms with E-state index in [0.29, 0.717) is 0 Å². The molecule has 56 heavy (non-hydrogen) atoms. The monoisotopic (exact) mass is 712 g/mol. The van der Waals surface area contributed by atoms with Crippen LogP contribution in [0.2, 0.25) is 0 Å². The van der Waals surface area contributed by atoms with Crippen molar-refractivity contribution in [2.45, 2.75) is 19.3 Å². The molecule has 0 fully saturated rings. The molecule has 0 unspecified atom stereocenters. The second kappa shape index (κ2) is 11.5. The molecule has 10 aromatic carbocycles. The van der Waals surface area contributed by atoms with Crippen molar-refractivity contribution in [1.82, 2.24) is 0 Å². The first-order valence-corrected chi connectivity index (χ1v) is 19.6. The van der Waals surface area contributed by atoms with E-state index in [0.717, 1.165) is 16.6 Å². The maximum atomic E-state index is 6.41. The summed E-state index contributed by atoms with van der Waals surface area (Å²) in [5.41, 5.74) is 14.7. The highest BCUT2D eigenvalue weighted by atomic mass is 16.3. The molecule has 0 bridgehead atoms. The predicted octanol–water partition coefficient (Wildman–Crippen LogP) is 15.5. The van der Waals surface area contributed by atoms with Gasteiger partial charge in [-0.05, 0) is 117 Å². The predicted molar refractivity (Wildman–Crippen MR) is 238 cm³/mol. The Labute approximate surface area is 325 Å². The van der Waals surface area contributed by atoms with Crippen molar-refractivity contribution >= 4 is 65.0 Å². The smallest absolute Gasteiger partial charge is 0.136 e. The highest BCUT2D eigenvalue weighted by molar-refractivity contribution is 6.24. The molecule has 262 valence electrons. The second-order valence-electron chi connectivity index (χ2n) is 16.0. The molecular weight excluding hydrogens is 677 g/mol. The van der Waals surface area contributed by atoms with Crippen molar-refractivity contribution in [3.05, 3.63) is 193 Å². The van der Waals surface area contributed by atoms with E-state index >= 15 is 0 Å². The maximum Gasteiger partial charge on any atom is 0.136 e. The summed E-state index contributed by atoms with van der Waals surface area (Å²) in [6, 6.07) is 67.1. The fraction of sp³-hybridized carbons (Fsp3) is 0.0545. The van der Waals surface area contributed by atoms with E-state index in [1.807, 2.05) is 0 Å². The van der Waals surface area contributed by atoms with Crippen molar-refractivity contribution < 1.29 is 4.42 Å². The van der Waals surface area contributed by atoms with Crippen LogP contribution in [0.5, 0.6) is 0 Å². The Morgan fingerprint density at radius 1 is 0.357 bits per heavy atom. The van der Waals surface area contributed by atoms with Crippen LogP contribution in [0, 0.1) is 0 Å². The van der Waals surface area contributed by atoms with E-state index in [4.69, 9.17) is 4.42 Å². The Kier molecular flexibility index (Phi) is 6.46. The van der Waals surface area contributed by atoms with Gasteiger partial charge in [0.15, 0.2) is 0 Å². The lowest BCUT2D eigenvalue weighted by Crippen LogP contribution is -2.16. The lowest BCUT2D eigenvalue weighted by Gasteiger charge is -2.25. The van der Waals surface area contributed by atoms with Crippen LogP contribution in [0.3, 0.4) is 0 Å². The van der Waals surface area contributed by atoms with Crippen LogP contribution in [0.15, 0.2) is 186 Å². The van der Waals surface area contributed by atoms with Crippen LogP contribution in [0.25, 0.3) is 110 Å². The topological polar surface area (TPSA) is 13.1 Å². The van der Waals surface area contributed by atoms with E-state index in [1.54, 1.807) is 0 Å². The molecule has 1 aliphatic carbocycles. The van der Waals surface area contributed by atoms with Crippen molar-refractivity contribution in [3.63, 3.8) is 0 Å². The summed E-state index contributed by atoms with van der Waals surface area (Å²) in [7, 11) is 0. The minimum atomic E-state index is -0.120. The summed E-state index contributed by atoms with van der Waals surface area (Å²) in [5.74, 6) is 0. The van der Waals surface area contributed by atoms with Crippen LogP contribution in [-0.4, -0.2) is 0 Å². The fourth-order valence-electron chi connectivity index (χ4n) is 10.2. The molecule has 1 aliphatic rings. The van der Waals surface area contributed by atoms with Crippen molar-refractivity contribution in [3.8, 4) is 44.5 Å². The first-order valence-electron chi connectivity index (χ1n) is 19.6. The first kappa shape index (κ1) is 31.4. The van der Waals surface area contributed by atoms with Crippen LogP contribution in [-0.2, 0) is 5.41 Å². The van der Waals surface area contributed by atoms with E-state index < -0.39 is 0 Å². The molecule has 1 heterocycles. The van der Waals surface area contributed by atoms with Crippen molar-refractivity contribution in [1.29, 1.82) is 0 Å². The normalized spacial score (nSPS) is 13.3. The lowest BCUT2D eigenvalue weighted by molar-refractivity contribution is 0.662. The fourth-order valence-corrected chi connectivity index (χ4v) is 10.2. The van der Waals surface area contributed by atoms with Gasteiger partial charge in [-0.15, -0.1) is 0 Å². The van der Waals surface area contributed by atoms with Gasteiger partial charge in [-0.25, -0.2) is 0 Å². The minimum absolute atomic E-state index is 0.120. The van der Waals surface area contributed by atoms with Gasteiger partial charge in [-0.1, -0.05) is 178 Å². The number of rotatable bonds is 3. The van der Waals surface area contributed by atoms with Gasteiger partial charge in [0, 0.05) is 16.2 Å². The van der Waals surface area contributed by atoms with Gasteiger partial charge in [0.25, 0.3) is 0 Å². The standard InChI is InChI=1S/C55H36O/c1-55(2)47-29-26-33-12-3-5-14-38(33)52(47)45-21-11-20-40(54(45)55)35-22-24-36(25-23-35)50-41-16-7-9-18-43(41)51(44-19-10-8-17-42(44)50)37-28-30-48-46(32-37)53-39-15-6-4-13-34(39)27-31-49(53)56-48/h3-32H,1-2H3. The summed E-state index contributed by atoms with van der Waals surface area (Å²) in [4.78, 5) is 0. The molecule has 1 aromatic heterocycles. The quantitative estimate of drug-likeness (QED) is 0.166. The molecule has 0 radical (unpaired) electrons. The Balaban J connectivity index is 1.03. The van der Waals surface area contributed by atoms with Crippen LogP contribution in [0.4, 0.5) is 0 Å². The van der Waals surface area contributed by atoms with E-state index in [2.05, 4.69) is 196 Å². The zero-order chi connectivity index (χ0) is 37.1. The molecule has 0 saturated heterocycles. The van der Waals surface area contributed by atoms with Gasteiger partial charge < -0.3 is 4.42 Å². The third kappa shape index (κ3) is 4.31. The number of furan rings is 1. The second-order valence-corrected chi connectivity index (χ2v) is 16.0. The van der Waals surface area contributed by atoms with Crippen LogP contribution < -0.4 is 0 Å². The third-order valence-corrected chi connectivity index (χ3v) is 12.6. The number of benzene rings is 10. The molecule has 1 nitrogen and oxygen atoms in total. The summed E-state index contributed by atoms with van der Waals surface area (Å²) in [6.07, 6.45) is 0. The number of hydrogen-bond donors (Lipinski definition) is 0. The zero-order valence-corrected chi connectivity index (χ0v) is 31.2. The van der Waals surface area contributed by atoms with Gasteiger partial charge in [0.2, 0.25) is 0 Å². The average Bonchev–Trinajstić information content (AvgIpc) is 3.74. The van der Waals surface area contributed by atoms with Gasteiger partial charge in [-0.3, -0.25) is 0 Å².